The van der Waals surface area contributed by atoms with Crippen LogP contribution < -0.4 is 58.7 Å². The summed E-state index contributed by atoms with van der Waals surface area (Å²) in [4.78, 5) is 101. The van der Waals surface area contributed by atoms with Crippen molar-refractivity contribution in [3.63, 3.8) is 0 Å². The molecule has 0 radical (unpaired) electrons. The first kappa shape index (κ1) is 158. The third-order valence-electron chi connectivity index (χ3n) is 14.7. The summed E-state index contributed by atoms with van der Waals surface area (Å²) in [5.74, 6) is 0. The van der Waals surface area contributed by atoms with Gasteiger partial charge in [0.15, 0.2) is 0 Å². The van der Waals surface area contributed by atoms with Crippen LogP contribution in [0.3, 0.4) is 0 Å². The first-order valence-electron chi connectivity index (χ1n) is 40.1. The second kappa shape index (κ2) is 122. The second-order valence-corrected chi connectivity index (χ2v) is 25.5. The van der Waals surface area contributed by atoms with Gasteiger partial charge in [-0.2, -0.15) is 0 Å². The van der Waals surface area contributed by atoms with Crippen molar-refractivity contribution in [1.82, 2.24) is 0 Å². The first-order chi connectivity index (χ1) is 52.2. The van der Waals surface area contributed by atoms with Crippen molar-refractivity contribution >= 4 is 47.4 Å². The van der Waals surface area contributed by atoms with Gasteiger partial charge in [-0.3, -0.25) is 0 Å². The van der Waals surface area contributed by atoms with Crippen molar-refractivity contribution in [1.29, 1.82) is 0 Å². The highest BCUT2D eigenvalue weighted by Gasteiger charge is 2.01. The van der Waals surface area contributed by atoms with Crippen molar-refractivity contribution in [2.24, 2.45) is 0 Å². The molecule has 0 unspecified atom stereocenters. The molecule has 114 heavy (non-hydrogen) atoms. The lowest BCUT2D eigenvalue weighted by atomic mass is 10.7. The summed E-state index contributed by atoms with van der Waals surface area (Å²) in [7, 11) is -33.8. The van der Waals surface area contributed by atoms with Crippen LogP contribution in [0.25, 0.3) is 0 Å². The zero-order valence-corrected chi connectivity index (χ0v) is 84.0. The van der Waals surface area contributed by atoms with Gasteiger partial charge in [0.2, 0.25) is 0 Å². The average Bonchev–Trinajstić information content (AvgIpc) is 3.66. The third kappa shape index (κ3) is 266. The topological polar surface area (TPSA) is 412 Å². The third-order valence-corrected chi connectivity index (χ3v) is 14.7. The van der Waals surface area contributed by atoms with Crippen LogP contribution >= 0.6 is 47.4 Å². The molecule has 720 valence electrons. The molecular formula is C72H180F6O30P6. The summed E-state index contributed by atoms with van der Waals surface area (Å²) < 4.78 is 148. The van der Waals surface area contributed by atoms with Gasteiger partial charge in [0.1, 0.15) is 285 Å². The second-order valence-electron chi connectivity index (χ2n) is 20.3. The zero-order chi connectivity index (χ0) is 95.4. The number of rotatable bonds is 36. The summed E-state index contributed by atoms with van der Waals surface area (Å²) in [5.41, 5.74) is 0. The van der Waals surface area contributed by atoms with E-state index in [0.29, 0.717) is 0 Å². The van der Waals surface area contributed by atoms with Crippen molar-refractivity contribution in [2.45, 2.75) is 249 Å². The molecule has 0 aliphatic heterocycles. The maximum atomic E-state index is 10.1. The Morgan fingerprint density at radius 2 is 0.140 bits per heavy atom. The predicted octanol–water partition coefficient (Wildman–Crippen LogP) is 11.9. The normalized spacial score (nSPS) is 10.7. The van der Waals surface area contributed by atoms with E-state index in [1.165, 1.54) is 0 Å². The highest BCUT2D eigenvalue weighted by atomic mass is 31.2. The van der Waals surface area contributed by atoms with Crippen molar-refractivity contribution < 1.29 is 164 Å². The van der Waals surface area contributed by atoms with Crippen LogP contribution in [0, 0.1) is 0 Å². The SMILES string of the molecule is CC[O+](CC)CC.CC[O+](CC)CC.CC[O+](CC)CC.CC[O+](CC)CC.CC[O+](CC)CC.CC[O+](CC)CC.CC[O+](CC)CC.CC[O+](CC)CC.CC[O+](CC)CC.CC[O+](CC)CC.CC[O+](CC)CC.CC[O+](CC)CC.O=P([O-])([O-])F.O=P([O-])([O-])F.O=P([O-])([O-])F.O=P([O-])([O-])F.O=P([O-])([O-])F.O=P([O-])([O-])F. The van der Waals surface area contributed by atoms with Crippen LogP contribution in [0.1, 0.15) is 249 Å². The molecule has 0 heterocycles. The molecule has 0 aromatic rings. The van der Waals surface area contributed by atoms with E-state index in [2.05, 4.69) is 302 Å². The number of halogens is 6. The summed E-state index contributed by atoms with van der Waals surface area (Å²) in [5, 5.41) is 0. The Morgan fingerprint density at radius 1 is 0.123 bits per heavy atom. The molecule has 0 fully saturated rings. The molecular weight excluding hydrogens is 1640 g/mol. The van der Waals surface area contributed by atoms with Crippen molar-refractivity contribution in [3.8, 4) is 0 Å². The van der Waals surface area contributed by atoms with Gasteiger partial charge in [-0.15, -0.1) is 0 Å². The summed E-state index contributed by atoms with van der Waals surface area (Å²) in [6.45, 7) is 117. The van der Waals surface area contributed by atoms with Gasteiger partial charge in [0.25, 0.3) is 0 Å². The van der Waals surface area contributed by atoms with E-state index in [1.54, 1.807) is 0 Å². The maximum absolute atomic E-state index is 10.1. The molecule has 0 aliphatic rings. The Kier molecular flexibility index (Phi) is 168. The molecule has 0 saturated heterocycles. The van der Waals surface area contributed by atoms with Gasteiger partial charge in [-0.05, 0) is 0 Å². The zero-order valence-electron chi connectivity index (χ0n) is 78.7. The maximum Gasteiger partial charge on any atom is 0.142 e. The molecule has 0 rings (SSSR count). The predicted molar refractivity (Wildman–Crippen MR) is 445 cm³/mol. The number of hydrogen-bond acceptors (Lipinski definition) is 18. The van der Waals surface area contributed by atoms with Gasteiger partial charge in [0.05, 0.1) is 0 Å². The fourth-order valence-corrected chi connectivity index (χ4v) is 7.35. The minimum atomic E-state index is -5.64. The highest BCUT2D eigenvalue weighted by molar-refractivity contribution is 7.43. The van der Waals surface area contributed by atoms with E-state index in [9.17, 15) is 25.2 Å². The van der Waals surface area contributed by atoms with Crippen LogP contribution in [0.4, 0.5) is 25.2 Å². The van der Waals surface area contributed by atoms with Crippen LogP contribution in [-0.2, 0) is 79.8 Å². The number of hydrogen-bond donors (Lipinski definition) is 0. The van der Waals surface area contributed by atoms with Gasteiger partial charge in [-0.1, -0.05) is 0 Å². The van der Waals surface area contributed by atoms with Gasteiger partial charge in [-0.25, -0.2) is 25.2 Å². The van der Waals surface area contributed by atoms with Crippen LogP contribution in [-0.4, -0.2) is 238 Å². The molecule has 42 heteroatoms. The van der Waals surface area contributed by atoms with Crippen molar-refractivity contribution in [2.75, 3.05) is 238 Å². The molecule has 0 saturated carbocycles. The van der Waals surface area contributed by atoms with E-state index >= 15 is 0 Å². The first-order valence-corrected chi connectivity index (χ1v) is 48.7. The van der Waals surface area contributed by atoms with Crippen LogP contribution in [0.2, 0.25) is 0 Å². The largest absolute Gasteiger partial charge is 0.786 e. The van der Waals surface area contributed by atoms with E-state index < -0.39 is 47.4 Å². The summed E-state index contributed by atoms with van der Waals surface area (Å²) in [6, 6.07) is 0. The molecule has 0 N–H and O–H groups in total. The molecule has 0 amide bonds. The van der Waals surface area contributed by atoms with E-state index in [0.717, 1.165) is 238 Å². The standard InChI is InChI=1S/12C6H15O.6FH2O3P/c12*1-4-7(5-2)6-3;6*1-5(2,3)4/h12*4-6H2,1-3H3;6*(H2,2,3,4)/q12*+1;;;;;;/p-12. The molecule has 0 spiro atoms. The van der Waals surface area contributed by atoms with E-state index in [4.69, 9.17) is 86.1 Å². The Balaban J connectivity index is -0.0000000536. The smallest absolute Gasteiger partial charge is 0.142 e. The average molecular weight is 1830 g/mol. The van der Waals surface area contributed by atoms with Gasteiger partial charge < -0.3 is 139 Å². The fraction of sp³-hybridized carbons (Fsp3) is 1.00. The minimum absolute atomic E-state index is 1.10. The lowest BCUT2D eigenvalue weighted by Crippen LogP contribution is -2.11. The van der Waals surface area contributed by atoms with E-state index in [-0.39, 0.29) is 0 Å². The Bertz CT molecular complexity index is 1370. The highest BCUT2D eigenvalue weighted by Crippen LogP contribution is 2.24. The van der Waals surface area contributed by atoms with Crippen molar-refractivity contribution in [3.05, 3.63) is 0 Å². The van der Waals surface area contributed by atoms with Gasteiger partial charge >= 0.3 is 0 Å². The molecule has 0 aliphatic carbocycles. The Labute approximate surface area is 695 Å². The summed E-state index contributed by atoms with van der Waals surface area (Å²) in [6.07, 6.45) is 0. The molecule has 0 aromatic heterocycles. The summed E-state index contributed by atoms with van der Waals surface area (Å²) >= 11 is 0. The fourth-order valence-electron chi connectivity index (χ4n) is 7.35. The Hall–Kier alpha value is -0.0000000000000000555. The molecule has 0 bridgehead atoms. The minimum Gasteiger partial charge on any atom is -0.786 e. The van der Waals surface area contributed by atoms with E-state index in [1.807, 2.05) is 0 Å². The lowest BCUT2D eigenvalue weighted by molar-refractivity contribution is -0.330. The van der Waals surface area contributed by atoms with Crippen LogP contribution in [0.5, 0.6) is 0 Å². The van der Waals surface area contributed by atoms with Crippen LogP contribution in [0.15, 0.2) is 0 Å². The lowest BCUT2D eigenvalue weighted by Gasteiger charge is -2.15. The quantitative estimate of drug-likeness (QED) is 0.0319. The monoisotopic (exact) mass is 1830 g/mol. The molecule has 30 nitrogen and oxygen atoms in total. The van der Waals surface area contributed by atoms with Gasteiger partial charge in [0, 0.05) is 249 Å². The Morgan fingerprint density at radius 3 is 0.140 bits per heavy atom. The molecule has 0 atom stereocenters. The molecule has 0 aromatic carbocycles.